The van der Waals surface area contributed by atoms with Crippen LogP contribution in [-0.4, -0.2) is 21.4 Å². The Morgan fingerprint density at radius 2 is 1.87 bits per heavy atom. The van der Waals surface area contributed by atoms with E-state index >= 15 is 0 Å². The quantitative estimate of drug-likeness (QED) is 0.489. The SMILES string of the molecule is Cc1ccc(C(=O)Nc2cccc(C3N=C(N)Nc4nc5ccccc5n43)c2)cc1. The highest BCUT2D eigenvalue weighted by molar-refractivity contribution is 6.04. The van der Waals surface area contributed by atoms with Gasteiger partial charge in [0, 0.05) is 11.3 Å². The predicted molar refractivity (Wildman–Crippen MR) is 119 cm³/mol. The standard InChI is InChI=1S/C23H20N6O/c1-14-9-11-15(12-10-14)21(30)25-17-6-4-5-16(13-17)20-27-22(24)28-23-26-18-7-2-3-8-19(18)29(20)23/h2-13,20H,1H3,(H,25,30)(H3,24,26,27,28). The molecule has 30 heavy (non-hydrogen) atoms. The zero-order chi connectivity index (χ0) is 20.7. The van der Waals surface area contributed by atoms with E-state index in [1.165, 1.54) is 0 Å². The number of aromatic nitrogens is 2. The molecule has 7 nitrogen and oxygen atoms in total. The largest absolute Gasteiger partial charge is 0.370 e. The van der Waals surface area contributed by atoms with Gasteiger partial charge in [0.25, 0.3) is 5.91 Å². The molecule has 0 saturated heterocycles. The van der Waals surface area contributed by atoms with Crippen molar-refractivity contribution in [2.24, 2.45) is 10.7 Å². The van der Waals surface area contributed by atoms with E-state index in [1.807, 2.05) is 84.3 Å². The minimum absolute atomic E-state index is 0.158. The number of rotatable bonds is 3. The first-order valence-electron chi connectivity index (χ1n) is 9.64. The van der Waals surface area contributed by atoms with E-state index < -0.39 is 0 Å². The van der Waals surface area contributed by atoms with Gasteiger partial charge < -0.3 is 11.1 Å². The fourth-order valence-electron chi connectivity index (χ4n) is 3.63. The van der Waals surface area contributed by atoms with Crippen molar-refractivity contribution in [3.8, 4) is 0 Å². The zero-order valence-electron chi connectivity index (χ0n) is 16.3. The normalized spacial score (nSPS) is 15.2. The Kier molecular flexibility index (Phi) is 4.21. The molecule has 7 heteroatoms. The number of aryl methyl sites for hydroxylation is 1. The molecule has 4 N–H and O–H groups in total. The minimum Gasteiger partial charge on any atom is -0.370 e. The third-order valence-corrected chi connectivity index (χ3v) is 5.10. The molecule has 1 aliphatic rings. The number of fused-ring (bicyclic) bond motifs is 3. The molecule has 0 bridgehead atoms. The molecule has 2 heterocycles. The molecule has 0 saturated carbocycles. The van der Waals surface area contributed by atoms with Gasteiger partial charge in [-0.3, -0.25) is 14.7 Å². The van der Waals surface area contributed by atoms with E-state index in [0.717, 1.165) is 22.2 Å². The van der Waals surface area contributed by atoms with Crippen LogP contribution in [0.2, 0.25) is 0 Å². The Hall–Kier alpha value is -4.13. The monoisotopic (exact) mass is 396 g/mol. The van der Waals surface area contributed by atoms with E-state index in [4.69, 9.17) is 5.73 Å². The van der Waals surface area contributed by atoms with Gasteiger partial charge in [0.2, 0.25) is 5.95 Å². The molecule has 1 unspecified atom stereocenters. The molecule has 148 valence electrons. The van der Waals surface area contributed by atoms with Gasteiger partial charge in [-0.15, -0.1) is 0 Å². The number of anilines is 2. The number of aliphatic imine (C=N–C) groups is 1. The lowest BCUT2D eigenvalue weighted by Crippen LogP contribution is -2.31. The summed E-state index contributed by atoms with van der Waals surface area (Å²) in [6.45, 7) is 1.99. The first-order chi connectivity index (χ1) is 14.6. The summed E-state index contributed by atoms with van der Waals surface area (Å²) in [6, 6.07) is 23.0. The van der Waals surface area contributed by atoms with Gasteiger partial charge in [0.15, 0.2) is 12.1 Å². The number of hydrogen-bond acceptors (Lipinski definition) is 5. The average Bonchev–Trinajstić information content (AvgIpc) is 3.12. The maximum atomic E-state index is 12.6. The van der Waals surface area contributed by atoms with Crippen LogP contribution < -0.4 is 16.4 Å². The van der Waals surface area contributed by atoms with Gasteiger partial charge in [0.1, 0.15) is 0 Å². The summed E-state index contributed by atoms with van der Waals surface area (Å²) in [4.78, 5) is 21.8. The van der Waals surface area contributed by atoms with E-state index in [2.05, 4.69) is 20.6 Å². The Morgan fingerprint density at radius 1 is 1.07 bits per heavy atom. The van der Waals surface area contributed by atoms with E-state index in [0.29, 0.717) is 23.2 Å². The molecule has 0 spiro atoms. The van der Waals surface area contributed by atoms with Crippen molar-refractivity contribution in [2.75, 3.05) is 10.6 Å². The second-order valence-corrected chi connectivity index (χ2v) is 7.25. The number of carbonyl (C=O) groups is 1. The van der Waals surface area contributed by atoms with Crippen LogP contribution in [-0.2, 0) is 0 Å². The van der Waals surface area contributed by atoms with Crippen LogP contribution in [0, 0.1) is 6.92 Å². The number of carbonyl (C=O) groups excluding carboxylic acids is 1. The Labute approximate surface area is 173 Å². The highest BCUT2D eigenvalue weighted by atomic mass is 16.1. The van der Waals surface area contributed by atoms with Crippen molar-refractivity contribution >= 4 is 34.5 Å². The lowest BCUT2D eigenvalue weighted by atomic mass is 10.1. The molecule has 0 fully saturated rings. The van der Waals surface area contributed by atoms with E-state index in [1.54, 1.807) is 0 Å². The first kappa shape index (κ1) is 17.9. The van der Waals surface area contributed by atoms with Crippen LogP contribution in [0.4, 0.5) is 11.6 Å². The molecule has 5 rings (SSSR count). The summed E-state index contributed by atoms with van der Waals surface area (Å²) in [7, 11) is 0. The van der Waals surface area contributed by atoms with E-state index in [9.17, 15) is 4.79 Å². The number of hydrogen-bond donors (Lipinski definition) is 3. The molecular formula is C23H20N6O. The number of guanidine groups is 1. The fourth-order valence-corrected chi connectivity index (χ4v) is 3.63. The number of nitrogens with zero attached hydrogens (tertiary/aromatic N) is 3. The maximum Gasteiger partial charge on any atom is 0.255 e. The van der Waals surface area contributed by atoms with Crippen LogP contribution >= 0.6 is 0 Å². The molecule has 1 atom stereocenters. The number of benzene rings is 3. The molecule has 0 aliphatic carbocycles. The Balaban J connectivity index is 1.50. The fraction of sp³-hybridized carbons (Fsp3) is 0.0870. The molecule has 4 aromatic rings. The Bertz CT molecular complexity index is 1290. The number of nitrogens with two attached hydrogens (primary N) is 1. The molecule has 1 aromatic heterocycles. The molecule has 1 aliphatic heterocycles. The second kappa shape index (κ2) is 7.04. The van der Waals surface area contributed by atoms with Gasteiger partial charge in [0.05, 0.1) is 11.0 Å². The van der Waals surface area contributed by atoms with Crippen LogP contribution in [0.15, 0.2) is 77.8 Å². The highest BCUT2D eigenvalue weighted by Gasteiger charge is 2.25. The van der Waals surface area contributed by atoms with Crippen molar-refractivity contribution in [2.45, 2.75) is 13.1 Å². The van der Waals surface area contributed by atoms with Crippen LogP contribution in [0.25, 0.3) is 11.0 Å². The van der Waals surface area contributed by atoms with Gasteiger partial charge in [-0.1, -0.05) is 42.0 Å². The molecule has 0 radical (unpaired) electrons. The van der Waals surface area contributed by atoms with Crippen LogP contribution in [0.5, 0.6) is 0 Å². The summed E-state index contributed by atoms with van der Waals surface area (Å²) < 4.78 is 2.01. The van der Waals surface area contributed by atoms with Gasteiger partial charge in [-0.05, 0) is 48.9 Å². The lowest BCUT2D eigenvalue weighted by molar-refractivity contribution is 0.102. The van der Waals surface area contributed by atoms with E-state index in [-0.39, 0.29) is 12.1 Å². The van der Waals surface area contributed by atoms with Gasteiger partial charge in [-0.25, -0.2) is 9.98 Å². The summed E-state index contributed by atoms with van der Waals surface area (Å²) in [5.74, 6) is 0.786. The number of amides is 1. The predicted octanol–water partition coefficient (Wildman–Crippen LogP) is 3.88. The van der Waals surface area contributed by atoms with Gasteiger partial charge in [-0.2, -0.15) is 0 Å². The first-order valence-corrected chi connectivity index (χ1v) is 9.64. The van der Waals surface area contributed by atoms with Crippen LogP contribution in [0.1, 0.15) is 27.7 Å². The number of imidazole rings is 1. The summed E-state index contributed by atoms with van der Waals surface area (Å²) in [5, 5.41) is 6.00. The van der Waals surface area contributed by atoms with Crippen molar-refractivity contribution in [1.82, 2.24) is 9.55 Å². The Morgan fingerprint density at radius 3 is 2.70 bits per heavy atom. The number of nitrogens with one attached hydrogen (secondary N) is 2. The summed E-state index contributed by atoms with van der Waals surface area (Å²) in [6.07, 6.45) is -0.384. The highest BCUT2D eigenvalue weighted by Crippen LogP contribution is 2.33. The van der Waals surface area contributed by atoms with Crippen molar-refractivity contribution in [3.05, 3.63) is 89.5 Å². The third-order valence-electron chi connectivity index (χ3n) is 5.10. The second-order valence-electron chi connectivity index (χ2n) is 7.25. The molecular weight excluding hydrogens is 376 g/mol. The van der Waals surface area contributed by atoms with Crippen molar-refractivity contribution in [1.29, 1.82) is 0 Å². The lowest BCUT2D eigenvalue weighted by Gasteiger charge is -2.24. The third kappa shape index (κ3) is 3.16. The smallest absolute Gasteiger partial charge is 0.255 e. The van der Waals surface area contributed by atoms with Crippen LogP contribution in [0.3, 0.4) is 0 Å². The molecule has 1 amide bonds. The topological polar surface area (TPSA) is 97.3 Å². The van der Waals surface area contributed by atoms with Gasteiger partial charge >= 0.3 is 0 Å². The zero-order valence-corrected chi connectivity index (χ0v) is 16.3. The molecule has 3 aromatic carbocycles. The summed E-state index contributed by atoms with van der Waals surface area (Å²) in [5.41, 5.74) is 11.1. The summed E-state index contributed by atoms with van der Waals surface area (Å²) >= 11 is 0. The maximum absolute atomic E-state index is 12.6. The van der Waals surface area contributed by atoms with Crippen molar-refractivity contribution < 1.29 is 4.79 Å². The van der Waals surface area contributed by atoms with Crippen molar-refractivity contribution in [3.63, 3.8) is 0 Å². The number of para-hydroxylation sites is 2. The minimum atomic E-state index is -0.384. The average molecular weight is 396 g/mol.